The van der Waals surface area contributed by atoms with Crippen molar-refractivity contribution >= 4 is 17.2 Å². The first kappa shape index (κ1) is 12.8. The van der Waals surface area contributed by atoms with Gasteiger partial charge >= 0.3 is 0 Å². The smallest absolute Gasteiger partial charge is 0.257 e. The highest BCUT2D eigenvalue weighted by Gasteiger charge is 2.14. The molecule has 0 saturated carbocycles. The van der Waals surface area contributed by atoms with E-state index in [-0.39, 0.29) is 5.91 Å². The summed E-state index contributed by atoms with van der Waals surface area (Å²) in [7, 11) is 1.77. The average Bonchev–Trinajstić information content (AvgIpc) is 2.98. The molecule has 0 aromatic carbocycles. The summed E-state index contributed by atoms with van der Waals surface area (Å²) in [6, 6.07) is 0. The molecule has 1 amide bonds. The van der Waals surface area contributed by atoms with Gasteiger partial charge < -0.3 is 4.90 Å². The average molecular weight is 264 g/mol. The van der Waals surface area contributed by atoms with Crippen molar-refractivity contribution in [3.63, 3.8) is 0 Å². The van der Waals surface area contributed by atoms with Gasteiger partial charge in [-0.2, -0.15) is 5.10 Å². The van der Waals surface area contributed by atoms with Crippen LogP contribution >= 0.6 is 11.3 Å². The van der Waals surface area contributed by atoms with Crippen molar-refractivity contribution in [1.29, 1.82) is 0 Å². The third kappa shape index (κ3) is 2.76. The molecule has 0 aliphatic rings. The van der Waals surface area contributed by atoms with Gasteiger partial charge in [-0.1, -0.05) is 13.8 Å². The molecule has 6 heteroatoms. The number of hydrogen-bond acceptors (Lipinski definition) is 4. The van der Waals surface area contributed by atoms with E-state index >= 15 is 0 Å². The van der Waals surface area contributed by atoms with Gasteiger partial charge in [-0.3, -0.25) is 9.89 Å². The Morgan fingerprint density at radius 1 is 1.56 bits per heavy atom. The van der Waals surface area contributed by atoms with Gasteiger partial charge in [-0.15, -0.1) is 11.3 Å². The van der Waals surface area contributed by atoms with Gasteiger partial charge in [-0.25, -0.2) is 4.98 Å². The second kappa shape index (κ2) is 5.30. The summed E-state index contributed by atoms with van der Waals surface area (Å²) in [5.74, 6) is 0.376. The molecule has 0 spiro atoms. The van der Waals surface area contributed by atoms with Gasteiger partial charge in [0.1, 0.15) is 0 Å². The third-order valence-electron chi connectivity index (χ3n) is 2.55. The number of aromatic nitrogens is 3. The Morgan fingerprint density at radius 3 is 2.89 bits per heavy atom. The third-order valence-corrected chi connectivity index (χ3v) is 3.75. The summed E-state index contributed by atoms with van der Waals surface area (Å²) in [6.45, 7) is 4.75. The van der Waals surface area contributed by atoms with E-state index in [2.05, 4.69) is 29.0 Å². The van der Waals surface area contributed by atoms with Gasteiger partial charge in [0.05, 0.1) is 29.0 Å². The number of hydrogen-bond donors (Lipinski definition) is 1. The Kier molecular flexibility index (Phi) is 3.76. The molecule has 2 rings (SSSR count). The lowest BCUT2D eigenvalue weighted by atomic mass is 10.2. The minimum absolute atomic E-state index is 0.0529. The van der Waals surface area contributed by atoms with Gasteiger partial charge in [-0.05, 0) is 0 Å². The Bertz CT molecular complexity index is 518. The molecule has 0 radical (unpaired) electrons. The van der Waals surface area contributed by atoms with Crippen LogP contribution in [0.3, 0.4) is 0 Å². The van der Waals surface area contributed by atoms with Crippen molar-refractivity contribution in [2.45, 2.75) is 26.3 Å². The van der Waals surface area contributed by atoms with Crippen LogP contribution in [0.15, 0.2) is 17.8 Å². The molecule has 0 bridgehead atoms. The van der Waals surface area contributed by atoms with Crippen LogP contribution in [0.25, 0.3) is 0 Å². The number of aromatic amines is 1. The standard InChI is InChI=1S/C12H16N4OS/c1-8(2)11-15-10(7-18-11)6-16(3)12(17)9-4-13-14-5-9/h4-5,7-8H,6H2,1-3H3,(H,13,14). The first-order chi connectivity index (χ1) is 8.58. The summed E-state index contributed by atoms with van der Waals surface area (Å²) >= 11 is 1.64. The van der Waals surface area contributed by atoms with E-state index in [1.54, 1.807) is 29.5 Å². The van der Waals surface area contributed by atoms with E-state index in [1.807, 2.05) is 5.38 Å². The quantitative estimate of drug-likeness (QED) is 0.921. The Labute approximate surface area is 110 Å². The molecule has 2 aromatic heterocycles. The summed E-state index contributed by atoms with van der Waals surface area (Å²) in [4.78, 5) is 18.1. The maximum atomic E-state index is 12.0. The first-order valence-corrected chi connectivity index (χ1v) is 6.64. The summed E-state index contributed by atoms with van der Waals surface area (Å²) in [5, 5.41) is 9.53. The molecular formula is C12H16N4OS. The normalized spacial score (nSPS) is 10.9. The molecule has 2 aromatic rings. The fourth-order valence-corrected chi connectivity index (χ4v) is 2.39. The minimum Gasteiger partial charge on any atom is -0.336 e. The Morgan fingerprint density at radius 2 is 2.33 bits per heavy atom. The molecule has 0 atom stereocenters. The first-order valence-electron chi connectivity index (χ1n) is 5.76. The number of carbonyl (C=O) groups excluding carboxylic acids is 1. The van der Waals surface area contributed by atoms with Crippen LogP contribution < -0.4 is 0 Å². The molecule has 1 N–H and O–H groups in total. The molecule has 18 heavy (non-hydrogen) atoms. The topological polar surface area (TPSA) is 61.9 Å². The number of H-pyrrole nitrogens is 1. The van der Waals surface area contributed by atoms with Gasteiger partial charge in [0.25, 0.3) is 5.91 Å². The molecule has 2 heterocycles. The summed E-state index contributed by atoms with van der Waals surface area (Å²) < 4.78 is 0. The molecule has 0 aliphatic carbocycles. The van der Waals surface area contributed by atoms with Crippen LogP contribution in [0.2, 0.25) is 0 Å². The fourth-order valence-electron chi connectivity index (χ4n) is 1.56. The molecule has 96 valence electrons. The zero-order chi connectivity index (χ0) is 13.1. The van der Waals surface area contributed by atoms with E-state index in [9.17, 15) is 4.79 Å². The second-order valence-corrected chi connectivity index (χ2v) is 5.37. The van der Waals surface area contributed by atoms with Gasteiger partial charge in [0, 0.05) is 24.5 Å². The van der Waals surface area contributed by atoms with Crippen molar-refractivity contribution in [3.8, 4) is 0 Å². The zero-order valence-electron chi connectivity index (χ0n) is 10.7. The summed E-state index contributed by atoms with van der Waals surface area (Å²) in [5.41, 5.74) is 1.50. The van der Waals surface area contributed by atoms with Crippen molar-refractivity contribution < 1.29 is 4.79 Å². The van der Waals surface area contributed by atoms with Crippen molar-refractivity contribution in [3.05, 3.63) is 34.0 Å². The monoisotopic (exact) mass is 264 g/mol. The van der Waals surface area contributed by atoms with E-state index in [1.165, 1.54) is 6.20 Å². The highest BCUT2D eigenvalue weighted by atomic mass is 32.1. The lowest BCUT2D eigenvalue weighted by Gasteiger charge is -2.14. The Hall–Kier alpha value is -1.69. The van der Waals surface area contributed by atoms with Crippen LogP contribution in [0.1, 0.15) is 40.8 Å². The fraction of sp³-hybridized carbons (Fsp3) is 0.417. The SMILES string of the molecule is CC(C)c1nc(CN(C)C(=O)c2cn[nH]c2)cs1. The molecule has 0 aliphatic heterocycles. The van der Waals surface area contributed by atoms with Crippen molar-refractivity contribution in [2.75, 3.05) is 7.05 Å². The molecule has 0 fully saturated rings. The van der Waals surface area contributed by atoms with Crippen LogP contribution in [0, 0.1) is 0 Å². The highest BCUT2D eigenvalue weighted by molar-refractivity contribution is 7.09. The number of rotatable bonds is 4. The minimum atomic E-state index is -0.0529. The van der Waals surface area contributed by atoms with E-state index < -0.39 is 0 Å². The van der Waals surface area contributed by atoms with Crippen LogP contribution in [-0.4, -0.2) is 33.0 Å². The number of nitrogens with one attached hydrogen (secondary N) is 1. The van der Waals surface area contributed by atoms with Crippen LogP contribution in [0.4, 0.5) is 0 Å². The Balaban J connectivity index is 2.02. The molecular weight excluding hydrogens is 248 g/mol. The van der Waals surface area contributed by atoms with Crippen molar-refractivity contribution in [2.24, 2.45) is 0 Å². The lowest BCUT2D eigenvalue weighted by molar-refractivity contribution is 0.0783. The number of thiazole rings is 1. The van der Waals surface area contributed by atoms with Crippen LogP contribution in [0.5, 0.6) is 0 Å². The maximum Gasteiger partial charge on any atom is 0.257 e. The predicted octanol–water partition coefficient (Wildman–Crippen LogP) is 2.26. The van der Waals surface area contributed by atoms with Gasteiger partial charge in [0.2, 0.25) is 0 Å². The summed E-state index contributed by atoms with van der Waals surface area (Å²) in [6.07, 6.45) is 3.12. The van der Waals surface area contributed by atoms with E-state index in [0.29, 0.717) is 18.0 Å². The molecule has 0 unspecified atom stereocenters. The number of carbonyl (C=O) groups is 1. The molecule has 5 nitrogen and oxygen atoms in total. The van der Waals surface area contributed by atoms with E-state index in [0.717, 1.165) is 10.7 Å². The predicted molar refractivity (Wildman–Crippen MR) is 70.6 cm³/mol. The molecule has 0 saturated heterocycles. The van der Waals surface area contributed by atoms with E-state index in [4.69, 9.17) is 0 Å². The van der Waals surface area contributed by atoms with Crippen molar-refractivity contribution in [1.82, 2.24) is 20.1 Å². The highest BCUT2D eigenvalue weighted by Crippen LogP contribution is 2.20. The second-order valence-electron chi connectivity index (χ2n) is 4.48. The number of amides is 1. The van der Waals surface area contributed by atoms with Gasteiger partial charge in [0.15, 0.2) is 0 Å². The largest absolute Gasteiger partial charge is 0.336 e. The maximum absolute atomic E-state index is 12.0. The zero-order valence-corrected chi connectivity index (χ0v) is 11.5. The number of nitrogens with zero attached hydrogens (tertiary/aromatic N) is 3. The van der Waals surface area contributed by atoms with Crippen LogP contribution in [-0.2, 0) is 6.54 Å². The lowest BCUT2D eigenvalue weighted by Crippen LogP contribution is -2.26.